The smallest absolute Gasteiger partial charge is 0.342 e. The van der Waals surface area contributed by atoms with Crippen LogP contribution in [-0.4, -0.2) is 12.6 Å². The van der Waals surface area contributed by atoms with E-state index in [4.69, 9.17) is 10.6 Å². The lowest BCUT2D eigenvalue weighted by Crippen LogP contribution is -2.11. The van der Waals surface area contributed by atoms with Crippen molar-refractivity contribution in [3.8, 4) is 5.75 Å². The normalized spacial score (nSPS) is 10.3. The number of nitrogens with two attached hydrogens (primary N) is 1. The van der Waals surface area contributed by atoms with Crippen molar-refractivity contribution in [1.29, 1.82) is 0 Å². The second-order valence-electron chi connectivity index (χ2n) is 4.87. The Morgan fingerprint density at radius 3 is 2.40 bits per heavy atom. The van der Waals surface area contributed by atoms with Crippen LogP contribution in [0.3, 0.4) is 0 Å². The minimum absolute atomic E-state index is 0.345. The Kier molecular flexibility index (Phi) is 8.47. The summed E-state index contributed by atoms with van der Waals surface area (Å²) >= 11 is 0. The second kappa shape index (κ2) is 10.3. The van der Waals surface area contributed by atoms with Gasteiger partial charge in [0.1, 0.15) is 5.56 Å². The van der Waals surface area contributed by atoms with Gasteiger partial charge >= 0.3 is 5.97 Å². The van der Waals surface area contributed by atoms with Gasteiger partial charge in [-0.05, 0) is 18.6 Å². The molecule has 0 fully saturated rings. The van der Waals surface area contributed by atoms with E-state index in [0.717, 1.165) is 12.8 Å². The van der Waals surface area contributed by atoms with E-state index in [0.29, 0.717) is 17.9 Å². The number of hydrogen-bond acceptors (Lipinski definition) is 4. The highest BCUT2D eigenvalue weighted by atomic mass is 16.6. The van der Waals surface area contributed by atoms with Crippen LogP contribution in [0.4, 0.5) is 0 Å². The molecule has 0 saturated heterocycles. The minimum atomic E-state index is -0.378. The van der Waals surface area contributed by atoms with Gasteiger partial charge in [-0.25, -0.2) is 4.79 Å². The average Bonchev–Trinajstić information content (AvgIpc) is 2.49. The van der Waals surface area contributed by atoms with Crippen molar-refractivity contribution in [1.82, 2.24) is 0 Å². The summed E-state index contributed by atoms with van der Waals surface area (Å²) < 4.78 is 5.22. The first-order valence-electron chi connectivity index (χ1n) is 7.42. The van der Waals surface area contributed by atoms with Crippen LogP contribution in [0.1, 0.15) is 62.2 Å². The second-order valence-corrected chi connectivity index (χ2v) is 4.87. The molecule has 0 aromatic heterocycles. The molecule has 0 spiro atoms. The van der Waals surface area contributed by atoms with E-state index < -0.39 is 0 Å². The predicted molar refractivity (Wildman–Crippen MR) is 79.5 cm³/mol. The van der Waals surface area contributed by atoms with E-state index in [2.05, 4.69) is 11.8 Å². The van der Waals surface area contributed by atoms with Crippen molar-refractivity contribution in [3.05, 3.63) is 29.8 Å². The molecule has 1 aromatic carbocycles. The van der Waals surface area contributed by atoms with Gasteiger partial charge in [0.2, 0.25) is 0 Å². The van der Waals surface area contributed by atoms with Gasteiger partial charge in [-0.15, -0.1) is 0 Å². The van der Waals surface area contributed by atoms with Crippen LogP contribution in [0.15, 0.2) is 24.3 Å². The number of carbonyl (C=O) groups excluding carboxylic acids is 1. The van der Waals surface area contributed by atoms with Crippen LogP contribution in [0.25, 0.3) is 0 Å². The first-order chi connectivity index (χ1) is 9.79. The van der Waals surface area contributed by atoms with E-state index in [1.54, 1.807) is 24.3 Å². The molecule has 20 heavy (non-hydrogen) atoms. The lowest BCUT2D eigenvalue weighted by atomic mass is 10.1. The van der Waals surface area contributed by atoms with Gasteiger partial charge in [0, 0.05) is 0 Å². The van der Waals surface area contributed by atoms with Crippen LogP contribution in [-0.2, 0) is 4.74 Å². The Morgan fingerprint density at radius 2 is 1.70 bits per heavy atom. The predicted octanol–water partition coefficient (Wildman–Crippen LogP) is 3.85. The summed E-state index contributed by atoms with van der Waals surface area (Å²) in [6, 6.07) is 6.81. The maximum absolute atomic E-state index is 11.8. The van der Waals surface area contributed by atoms with E-state index in [1.165, 1.54) is 32.1 Å². The van der Waals surface area contributed by atoms with Crippen LogP contribution in [0.5, 0.6) is 5.75 Å². The molecule has 112 valence electrons. The van der Waals surface area contributed by atoms with Gasteiger partial charge in [0.25, 0.3) is 0 Å². The van der Waals surface area contributed by atoms with Crippen LogP contribution >= 0.6 is 0 Å². The zero-order valence-corrected chi connectivity index (χ0v) is 12.3. The SMILES string of the molecule is CCCCCCCCCOC(=O)c1ccccc1ON. The highest BCUT2D eigenvalue weighted by molar-refractivity contribution is 5.92. The number of benzene rings is 1. The van der Waals surface area contributed by atoms with Crippen molar-refractivity contribution in [2.45, 2.75) is 51.9 Å². The Labute approximate surface area is 121 Å². The highest BCUT2D eigenvalue weighted by Crippen LogP contribution is 2.17. The minimum Gasteiger partial charge on any atom is -0.462 e. The lowest BCUT2D eigenvalue weighted by Gasteiger charge is -2.07. The lowest BCUT2D eigenvalue weighted by molar-refractivity contribution is 0.0493. The number of esters is 1. The highest BCUT2D eigenvalue weighted by Gasteiger charge is 2.12. The number of rotatable bonds is 10. The molecule has 0 unspecified atom stereocenters. The monoisotopic (exact) mass is 279 g/mol. The van der Waals surface area contributed by atoms with Crippen molar-refractivity contribution in [2.75, 3.05) is 6.61 Å². The molecule has 1 aromatic rings. The topological polar surface area (TPSA) is 61.5 Å². The number of unbranched alkanes of at least 4 members (excludes halogenated alkanes) is 6. The van der Waals surface area contributed by atoms with E-state index in [9.17, 15) is 4.79 Å². The molecule has 0 aliphatic rings. The van der Waals surface area contributed by atoms with Crippen LogP contribution in [0, 0.1) is 0 Å². The molecule has 0 aliphatic heterocycles. The zero-order valence-electron chi connectivity index (χ0n) is 12.3. The molecule has 0 heterocycles. The van der Waals surface area contributed by atoms with Gasteiger partial charge in [0.15, 0.2) is 5.75 Å². The summed E-state index contributed by atoms with van der Waals surface area (Å²) in [6.07, 6.45) is 8.36. The molecule has 0 saturated carbocycles. The van der Waals surface area contributed by atoms with Gasteiger partial charge in [0.05, 0.1) is 6.61 Å². The summed E-state index contributed by atoms with van der Waals surface area (Å²) in [6.45, 7) is 2.66. The Balaban J connectivity index is 2.17. The van der Waals surface area contributed by atoms with Gasteiger partial charge in [-0.3, -0.25) is 0 Å². The van der Waals surface area contributed by atoms with Gasteiger partial charge in [-0.2, -0.15) is 5.90 Å². The fourth-order valence-corrected chi connectivity index (χ4v) is 2.04. The summed E-state index contributed by atoms with van der Waals surface area (Å²) in [5.74, 6) is 5.08. The standard InChI is InChI=1S/C16H25NO3/c1-2-3-4-5-6-7-10-13-19-16(18)14-11-8-9-12-15(14)20-17/h8-9,11-12H,2-7,10,13,17H2,1H3. The molecule has 1 rings (SSSR count). The molecule has 0 atom stereocenters. The molecular weight excluding hydrogens is 254 g/mol. The Hall–Kier alpha value is -1.55. The number of para-hydroxylation sites is 1. The van der Waals surface area contributed by atoms with Crippen molar-refractivity contribution >= 4 is 5.97 Å². The van der Waals surface area contributed by atoms with E-state index in [1.807, 2.05) is 0 Å². The number of carbonyl (C=O) groups is 1. The largest absolute Gasteiger partial charge is 0.462 e. The van der Waals surface area contributed by atoms with E-state index >= 15 is 0 Å². The summed E-state index contributed by atoms with van der Waals surface area (Å²) in [5, 5.41) is 0. The number of ether oxygens (including phenoxy) is 1. The van der Waals surface area contributed by atoms with Gasteiger partial charge in [-0.1, -0.05) is 57.6 Å². The molecular formula is C16H25NO3. The molecule has 4 heteroatoms. The van der Waals surface area contributed by atoms with Crippen molar-refractivity contribution in [2.24, 2.45) is 5.90 Å². The fourth-order valence-electron chi connectivity index (χ4n) is 2.04. The summed E-state index contributed by atoms with van der Waals surface area (Å²) in [4.78, 5) is 16.5. The molecule has 0 bridgehead atoms. The number of hydrogen-bond donors (Lipinski definition) is 1. The molecule has 0 radical (unpaired) electrons. The Bertz CT molecular complexity index is 393. The van der Waals surface area contributed by atoms with Gasteiger partial charge < -0.3 is 9.57 Å². The Morgan fingerprint density at radius 1 is 1.05 bits per heavy atom. The third-order valence-corrected chi connectivity index (χ3v) is 3.21. The quantitative estimate of drug-likeness (QED) is 0.401. The third kappa shape index (κ3) is 6.06. The maximum Gasteiger partial charge on any atom is 0.342 e. The van der Waals surface area contributed by atoms with Crippen LogP contribution < -0.4 is 10.7 Å². The zero-order chi connectivity index (χ0) is 14.6. The maximum atomic E-state index is 11.8. The van der Waals surface area contributed by atoms with E-state index in [-0.39, 0.29) is 5.97 Å². The fraction of sp³-hybridized carbons (Fsp3) is 0.562. The average molecular weight is 279 g/mol. The molecule has 4 nitrogen and oxygen atoms in total. The van der Waals surface area contributed by atoms with Crippen LogP contribution in [0.2, 0.25) is 0 Å². The summed E-state index contributed by atoms with van der Waals surface area (Å²) in [5.41, 5.74) is 0.373. The first kappa shape index (κ1) is 16.5. The first-order valence-corrected chi connectivity index (χ1v) is 7.42. The summed E-state index contributed by atoms with van der Waals surface area (Å²) in [7, 11) is 0. The van der Waals surface area contributed by atoms with Crippen molar-refractivity contribution < 1.29 is 14.4 Å². The molecule has 0 amide bonds. The molecule has 0 aliphatic carbocycles. The third-order valence-electron chi connectivity index (χ3n) is 3.21. The molecule has 2 N–H and O–H groups in total. The van der Waals surface area contributed by atoms with Crippen molar-refractivity contribution in [3.63, 3.8) is 0 Å².